The first kappa shape index (κ1) is 43.4. The summed E-state index contributed by atoms with van der Waals surface area (Å²) in [5.74, 6) is -0.475. The van der Waals surface area contributed by atoms with Crippen LogP contribution < -0.4 is 11.1 Å². The summed E-state index contributed by atoms with van der Waals surface area (Å²) in [5.41, 5.74) is 5.32. The van der Waals surface area contributed by atoms with Crippen molar-refractivity contribution >= 4 is 13.7 Å². The zero-order valence-corrected chi connectivity index (χ0v) is 29.1. The molecule has 262 valence electrons. The van der Waals surface area contributed by atoms with Crippen molar-refractivity contribution in [3.8, 4) is 0 Å². The zero-order valence-electron chi connectivity index (χ0n) is 28.2. The number of amides is 1. The highest BCUT2D eigenvalue weighted by Gasteiger charge is 2.27. The Balaban J connectivity index is 4.64. The minimum Gasteiger partial charge on any atom is -0.393 e. The average molecular weight is 657 g/mol. The van der Waals surface area contributed by atoms with Crippen molar-refractivity contribution in [2.24, 2.45) is 5.73 Å². The van der Waals surface area contributed by atoms with E-state index in [1.54, 1.807) is 12.2 Å². The molecule has 45 heavy (non-hydrogen) atoms. The Morgan fingerprint density at radius 2 is 1.27 bits per heavy atom. The monoisotopic (exact) mass is 656 g/mol. The maximum absolute atomic E-state index is 12.7. The highest BCUT2D eigenvalue weighted by atomic mass is 31.2. The molecule has 0 spiro atoms. The van der Waals surface area contributed by atoms with Crippen LogP contribution in [0, 0.1) is 0 Å². The highest BCUT2D eigenvalue weighted by Crippen LogP contribution is 2.43. The van der Waals surface area contributed by atoms with Gasteiger partial charge in [-0.2, -0.15) is 0 Å². The summed E-state index contributed by atoms with van der Waals surface area (Å²) in [6.07, 6.45) is 32.0. The fourth-order valence-electron chi connectivity index (χ4n) is 4.49. The number of phosphoric acid groups is 1. The smallest absolute Gasteiger partial charge is 0.393 e. The Morgan fingerprint density at radius 1 is 0.756 bits per heavy atom. The van der Waals surface area contributed by atoms with E-state index in [1.807, 2.05) is 0 Å². The molecule has 0 rings (SSSR count). The third kappa shape index (κ3) is 29.6. The molecular weight excluding hydrogens is 591 g/mol. The van der Waals surface area contributed by atoms with Gasteiger partial charge in [0.1, 0.15) is 0 Å². The van der Waals surface area contributed by atoms with Gasteiger partial charge in [-0.1, -0.05) is 101 Å². The first-order valence-electron chi connectivity index (χ1n) is 17.3. The van der Waals surface area contributed by atoms with Gasteiger partial charge in [0.2, 0.25) is 5.91 Å². The van der Waals surface area contributed by atoms with Crippen molar-refractivity contribution in [1.82, 2.24) is 5.32 Å². The molecule has 0 aromatic carbocycles. The number of aliphatic hydroxyl groups excluding tert-OH is 2. The first-order chi connectivity index (χ1) is 21.8. The van der Waals surface area contributed by atoms with Gasteiger partial charge in [0, 0.05) is 6.54 Å². The van der Waals surface area contributed by atoms with Crippen LogP contribution in [0.2, 0.25) is 0 Å². The van der Waals surface area contributed by atoms with Crippen LogP contribution in [0.5, 0.6) is 0 Å². The Hall–Kier alpha value is -1.58. The number of carbonyl (C=O) groups excluding carboxylic acids is 1. The van der Waals surface area contributed by atoms with Gasteiger partial charge in [0.05, 0.1) is 37.9 Å². The number of rotatable bonds is 31. The molecule has 0 aliphatic rings. The summed E-state index contributed by atoms with van der Waals surface area (Å²) in [4.78, 5) is 22.5. The molecule has 10 heteroatoms. The highest BCUT2D eigenvalue weighted by molar-refractivity contribution is 7.47. The second-order valence-corrected chi connectivity index (χ2v) is 13.0. The van der Waals surface area contributed by atoms with Gasteiger partial charge < -0.3 is 26.2 Å². The molecule has 0 aromatic rings. The number of nitrogens with one attached hydrogen (secondary N) is 1. The van der Waals surface area contributed by atoms with Crippen LogP contribution in [0.4, 0.5) is 0 Å². The number of unbranched alkanes of at least 4 members (excludes halogenated alkanes) is 11. The zero-order chi connectivity index (χ0) is 33.4. The lowest BCUT2D eigenvalue weighted by Crippen LogP contribution is -2.46. The number of nitrogens with two attached hydrogens (primary N) is 1. The molecule has 0 fully saturated rings. The van der Waals surface area contributed by atoms with Crippen molar-refractivity contribution in [1.29, 1.82) is 0 Å². The van der Waals surface area contributed by atoms with E-state index < -0.39 is 38.6 Å². The van der Waals surface area contributed by atoms with E-state index in [0.29, 0.717) is 12.8 Å². The van der Waals surface area contributed by atoms with E-state index in [4.69, 9.17) is 14.8 Å². The molecule has 0 aliphatic heterocycles. The maximum atomic E-state index is 12.7. The van der Waals surface area contributed by atoms with Crippen molar-refractivity contribution in [2.45, 2.75) is 148 Å². The molecule has 0 aliphatic carbocycles. The lowest BCUT2D eigenvalue weighted by molar-refractivity contribution is -0.124. The molecule has 6 N–H and O–H groups in total. The molecule has 0 radical (unpaired) electrons. The summed E-state index contributed by atoms with van der Waals surface area (Å²) in [6, 6.07) is -1.01. The van der Waals surface area contributed by atoms with Crippen LogP contribution in [0.1, 0.15) is 129 Å². The Kier molecular flexibility index (Phi) is 30.0. The Bertz CT molecular complexity index is 863. The van der Waals surface area contributed by atoms with Gasteiger partial charge in [-0.05, 0) is 70.6 Å². The van der Waals surface area contributed by atoms with Crippen molar-refractivity contribution in [2.75, 3.05) is 19.8 Å². The van der Waals surface area contributed by atoms with Crippen LogP contribution >= 0.6 is 7.82 Å². The molecule has 0 saturated carbocycles. The largest absolute Gasteiger partial charge is 0.472 e. The van der Waals surface area contributed by atoms with Gasteiger partial charge in [0.15, 0.2) is 0 Å². The molecule has 4 atom stereocenters. The van der Waals surface area contributed by atoms with Crippen LogP contribution in [0.15, 0.2) is 48.6 Å². The predicted octanol–water partition coefficient (Wildman–Crippen LogP) is 7.57. The second kappa shape index (κ2) is 31.0. The normalized spacial score (nSPS) is 15.8. The van der Waals surface area contributed by atoms with Crippen LogP contribution in [0.3, 0.4) is 0 Å². The SMILES string of the molecule is CCCCC/C=C\CCCCCC(O)CC(=O)NC(COP(=O)(O)OCCN)C(O)/C=C/CC/C=C/CC/C=C/CCCCC. The van der Waals surface area contributed by atoms with Crippen molar-refractivity contribution in [3.63, 3.8) is 0 Å². The van der Waals surface area contributed by atoms with Gasteiger partial charge in [-0.25, -0.2) is 4.57 Å². The fourth-order valence-corrected chi connectivity index (χ4v) is 5.25. The number of allylic oxidation sites excluding steroid dienone is 7. The summed E-state index contributed by atoms with van der Waals surface area (Å²) < 4.78 is 21.9. The Labute approximate surface area is 274 Å². The third-order valence-corrected chi connectivity index (χ3v) is 8.14. The lowest BCUT2D eigenvalue weighted by Gasteiger charge is -2.24. The topological polar surface area (TPSA) is 151 Å². The van der Waals surface area contributed by atoms with E-state index in [2.05, 4.69) is 55.6 Å². The third-order valence-electron chi connectivity index (χ3n) is 7.16. The minimum atomic E-state index is -4.40. The maximum Gasteiger partial charge on any atom is 0.472 e. The van der Waals surface area contributed by atoms with E-state index in [0.717, 1.165) is 57.8 Å². The second-order valence-electron chi connectivity index (χ2n) is 11.5. The fraction of sp³-hybridized carbons (Fsp3) is 0.743. The van der Waals surface area contributed by atoms with E-state index in [-0.39, 0.29) is 19.6 Å². The summed E-state index contributed by atoms with van der Waals surface area (Å²) in [7, 11) is -4.40. The number of hydrogen-bond acceptors (Lipinski definition) is 7. The molecule has 9 nitrogen and oxygen atoms in total. The molecular formula is C35H65N2O7P. The summed E-state index contributed by atoms with van der Waals surface area (Å²) >= 11 is 0. The molecule has 4 unspecified atom stereocenters. The van der Waals surface area contributed by atoms with Gasteiger partial charge >= 0.3 is 7.82 Å². The van der Waals surface area contributed by atoms with E-state index in [1.165, 1.54) is 38.5 Å². The molecule has 0 aromatic heterocycles. The molecule has 0 heterocycles. The van der Waals surface area contributed by atoms with Gasteiger partial charge in [-0.15, -0.1) is 0 Å². The number of aliphatic hydroxyl groups is 2. The van der Waals surface area contributed by atoms with Crippen LogP contribution in [-0.4, -0.2) is 59.0 Å². The van der Waals surface area contributed by atoms with Crippen LogP contribution in [0.25, 0.3) is 0 Å². The minimum absolute atomic E-state index is 0.0390. The lowest BCUT2D eigenvalue weighted by atomic mass is 10.1. The summed E-state index contributed by atoms with van der Waals surface area (Å²) in [6.45, 7) is 3.82. The quantitative estimate of drug-likeness (QED) is 0.0291. The van der Waals surface area contributed by atoms with Gasteiger partial charge in [0.25, 0.3) is 0 Å². The number of hydrogen-bond donors (Lipinski definition) is 5. The Morgan fingerprint density at radius 3 is 1.80 bits per heavy atom. The molecule has 0 bridgehead atoms. The number of phosphoric ester groups is 1. The van der Waals surface area contributed by atoms with E-state index >= 15 is 0 Å². The van der Waals surface area contributed by atoms with Crippen LogP contribution in [-0.2, 0) is 18.4 Å². The molecule has 0 saturated heterocycles. The van der Waals surface area contributed by atoms with Crippen molar-refractivity contribution < 1.29 is 33.5 Å². The van der Waals surface area contributed by atoms with E-state index in [9.17, 15) is 24.5 Å². The first-order valence-corrected chi connectivity index (χ1v) is 18.8. The average Bonchev–Trinajstić information content (AvgIpc) is 3.01. The van der Waals surface area contributed by atoms with Gasteiger partial charge in [-0.3, -0.25) is 13.8 Å². The predicted molar refractivity (Wildman–Crippen MR) is 186 cm³/mol. The standard InChI is InChI=1S/C35H65N2O7P/c1-3-5-7-9-11-13-15-16-17-19-21-23-25-27-34(39)33(31-44-45(41,42)43-29-28-36)37-35(40)30-32(38)26-24-22-20-18-14-12-10-8-6-4-2/h11-14,17,19,25,27,32-34,38-39H,3-10,15-16,18,20-24,26,28-31,36H2,1-2H3,(H,37,40)(H,41,42)/b13-11+,14-12-,19-17+,27-25+. The van der Waals surface area contributed by atoms with Crippen molar-refractivity contribution in [3.05, 3.63) is 48.6 Å². The molecule has 1 amide bonds. The summed E-state index contributed by atoms with van der Waals surface area (Å²) in [5, 5.41) is 23.8. The number of carbonyl (C=O) groups is 1.